The molecule has 3 aromatic rings. The molecule has 3 rings (SSSR count). The van der Waals surface area contributed by atoms with Crippen LogP contribution in [0, 0.1) is 0 Å². The Morgan fingerprint density at radius 3 is 1.91 bits per heavy atom. The standard InChI is InChI=1S/C18H18N2O2S/c21-23(22,20-12-4-5-13-20)18-10-8-17(9-11-18)15-19-14-16-6-2-1-3-7-16/h1-13,19H,14-15H2. The van der Waals surface area contributed by atoms with Crippen LogP contribution in [0.15, 0.2) is 84.0 Å². The molecule has 5 heteroatoms. The SMILES string of the molecule is O=S(=O)(c1ccc(CNCc2ccccc2)cc1)n1cccc1. The van der Waals surface area contributed by atoms with Gasteiger partial charge in [0.05, 0.1) is 4.90 Å². The predicted octanol–water partition coefficient (Wildman–Crippen LogP) is 3.01. The van der Waals surface area contributed by atoms with Crippen molar-refractivity contribution in [1.29, 1.82) is 0 Å². The van der Waals surface area contributed by atoms with Gasteiger partial charge in [0.15, 0.2) is 0 Å². The second-order valence-corrected chi connectivity index (χ2v) is 7.09. The summed E-state index contributed by atoms with van der Waals surface area (Å²) in [6.07, 6.45) is 3.06. The van der Waals surface area contributed by atoms with E-state index in [9.17, 15) is 8.42 Å². The maximum atomic E-state index is 12.4. The molecular formula is C18H18N2O2S. The Bertz CT molecular complexity index is 840. The van der Waals surface area contributed by atoms with Crippen molar-refractivity contribution in [3.63, 3.8) is 0 Å². The van der Waals surface area contributed by atoms with Gasteiger partial charge in [-0.05, 0) is 35.4 Å². The molecule has 1 aromatic heterocycles. The van der Waals surface area contributed by atoms with Crippen LogP contribution >= 0.6 is 0 Å². The van der Waals surface area contributed by atoms with Crippen molar-refractivity contribution < 1.29 is 8.42 Å². The van der Waals surface area contributed by atoms with Crippen molar-refractivity contribution in [3.8, 4) is 0 Å². The van der Waals surface area contributed by atoms with E-state index < -0.39 is 10.0 Å². The summed E-state index contributed by atoms with van der Waals surface area (Å²) in [5, 5.41) is 3.35. The lowest BCUT2D eigenvalue weighted by Crippen LogP contribution is -2.13. The van der Waals surface area contributed by atoms with E-state index in [0.717, 1.165) is 12.1 Å². The van der Waals surface area contributed by atoms with Crippen molar-refractivity contribution >= 4 is 10.0 Å². The van der Waals surface area contributed by atoms with Gasteiger partial charge < -0.3 is 5.32 Å². The lowest BCUT2D eigenvalue weighted by atomic mass is 10.2. The van der Waals surface area contributed by atoms with Gasteiger partial charge in [-0.1, -0.05) is 42.5 Å². The highest BCUT2D eigenvalue weighted by atomic mass is 32.2. The third kappa shape index (κ3) is 3.70. The van der Waals surface area contributed by atoms with E-state index in [4.69, 9.17) is 0 Å². The molecule has 0 atom stereocenters. The summed E-state index contributed by atoms with van der Waals surface area (Å²) in [7, 11) is -3.48. The molecule has 0 bridgehead atoms. The van der Waals surface area contributed by atoms with Crippen LogP contribution < -0.4 is 5.32 Å². The summed E-state index contributed by atoms with van der Waals surface area (Å²) < 4.78 is 25.9. The van der Waals surface area contributed by atoms with Gasteiger partial charge in [-0.2, -0.15) is 0 Å². The summed E-state index contributed by atoms with van der Waals surface area (Å²) in [6, 6.07) is 20.5. The third-order valence-corrected chi connectivity index (χ3v) is 5.24. The van der Waals surface area contributed by atoms with Gasteiger partial charge in [0.25, 0.3) is 10.0 Å². The smallest absolute Gasteiger partial charge is 0.267 e. The molecule has 1 N–H and O–H groups in total. The molecule has 1 heterocycles. The molecule has 23 heavy (non-hydrogen) atoms. The summed E-state index contributed by atoms with van der Waals surface area (Å²) >= 11 is 0. The fraction of sp³-hybridized carbons (Fsp3) is 0.111. The molecular weight excluding hydrogens is 308 g/mol. The fourth-order valence-electron chi connectivity index (χ4n) is 2.33. The lowest BCUT2D eigenvalue weighted by molar-refractivity contribution is 0.587. The van der Waals surface area contributed by atoms with Crippen molar-refractivity contribution in [1.82, 2.24) is 9.29 Å². The number of aromatic nitrogens is 1. The minimum Gasteiger partial charge on any atom is -0.309 e. The van der Waals surface area contributed by atoms with Gasteiger partial charge in [0.2, 0.25) is 0 Å². The Hall–Kier alpha value is -2.37. The molecule has 0 unspecified atom stereocenters. The quantitative estimate of drug-likeness (QED) is 0.757. The van der Waals surface area contributed by atoms with Gasteiger partial charge >= 0.3 is 0 Å². The number of rotatable bonds is 6. The molecule has 0 aliphatic carbocycles. The summed E-state index contributed by atoms with van der Waals surface area (Å²) in [4.78, 5) is 0.292. The van der Waals surface area contributed by atoms with E-state index in [1.54, 1.807) is 24.3 Å². The number of hydrogen-bond acceptors (Lipinski definition) is 3. The Labute approximate surface area is 136 Å². The van der Waals surface area contributed by atoms with Crippen molar-refractivity contribution in [2.75, 3.05) is 0 Å². The first-order valence-electron chi connectivity index (χ1n) is 7.38. The van der Waals surface area contributed by atoms with Crippen LogP contribution in [0.25, 0.3) is 0 Å². The zero-order chi connectivity index (χ0) is 16.1. The molecule has 0 saturated carbocycles. The molecule has 0 aliphatic heterocycles. The normalized spacial score (nSPS) is 11.5. The first kappa shape index (κ1) is 15.5. The first-order valence-corrected chi connectivity index (χ1v) is 8.82. The van der Waals surface area contributed by atoms with Gasteiger partial charge in [-0.15, -0.1) is 0 Å². The Morgan fingerprint density at radius 2 is 1.30 bits per heavy atom. The fourth-order valence-corrected chi connectivity index (χ4v) is 3.51. The number of benzene rings is 2. The zero-order valence-electron chi connectivity index (χ0n) is 12.6. The number of nitrogens with zero attached hydrogens (tertiary/aromatic N) is 1. The van der Waals surface area contributed by atoms with Crippen LogP contribution in [0.3, 0.4) is 0 Å². The van der Waals surface area contributed by atoms with Gasteiger partial charge in [0, 0.05) is 25.5 Å². The zero-order valence-corrected chi connectivity index (χ0v) is 13.4. The highest BCUT2D eigenvalue weighted by Gasteiger charge is 2.14. The molecule has 4 nitrogen and oxygen atoms in total. The molecule has 0 saturated heterocycles. The van der Waals surface area contributed by atoms with Gasteiger partial charge in [-0.3, -0.25) is 0 Å². The molecule has 0 spiro atoms. The van der Waals surface area contributed by atoms with E-state index >= 15 is 0 Å². The van der Waals surface area contributed by atoms with Crippen LogP contribution in [-0.4, -0.2) is 12.4 Å². The molecule has 0 amide bonds. The Balaban J connectivity index is 1.63. The van der Waals surface area contributed by atoms with Crippen LogP contribution in [0.5, 0.6) is 0 Å². The molecule has 2 aromatic carbocycles. The van der Waals surface area contributed by atoms with Crippen molar-refractivity contribution in [2.24, 2.45) is 0 Å². The molecule has 0 radical (unpaired) electrons. The third-order valence-electron chi connectivity index (χ3n) is 3.58. The molecule has 0 fully saturated rings. The maximum absolute atomic E-state index is 12.4. The Morgan fingerprint density at radius 1 is 0.739 bits per heavy atom. The average molecular weight is 326 g/mol. The predicted molar refractivity (Wildman–Crippen MR) is 90.4 cm³/mol. The van der Waals surface area contributed by atoms with Crippen LogP contribution in [0.2, 0.25) is 0 Å². The average Bonchev–Trinajstić information content (AvgIpc) is 3.12. The van der Waals surface area contributed by atoms with E-state index in [-0.39, 0.29) is 0 Å². The minimum atomic E-state index is -3.48. The summed E-state index contributed by atoms with van der Waals surface area (Å²) in [5.74, 6) is 0. The van der Waals surface area contributed by atoms with E-state index in [1.165, 1.54) is 21.9 Å². The van der Waals surface area contributed by atoms with Crippen LogP contribution in [0.1, 0.15) is 11.1 Å². The second kappa shape index (κ2) is 6.81. The summed E-state index contributed by atoms with van der Waals surface area (Å²) in [5.41, 5.74) is 2.27. The summed E-state index contributed by atoms with van der Waals surface area (Å²) in [6.45, 7) is 1.48. The molecule has 0 aliphatic rings. The highest BCUT2D eigenvalue weighted by molar-refractivity contribution is 7.90. The highest BCUT2D eigenvalue weighted by Crippen LogP contribution is 2.14. The number of nitrogens with one attached hydrogen (secondary N) is 1. The van der Waals surface area contributed by atoms with E-state index in [0.29, 0.717) is 11.4 Å². The van der Waals surface area contributed by atoms with Crippen molar-refractivity contribution in [3.05, 3.63) is 90.3 Å². The monoisotopic (exact) mass is 326 g/mol. The van der Waals surface area contributed by atoms with Crippen molar-refractivity contribution in [2.45, 2.75) is 18.0 Å². The number of hydrogen-bond donors (Lipinski definition) is 1. The van der Waals surface area contributed by atoms with E-state index in [1.807, 2.05) is 30.3 Å². The van der Waals surface area contributed by atoms with Gasteiger partial charge in [0.1, 0.15) is 0 Å². The first-order chi connectivity index (χ1) is 11.2. The van der Waals surface area contributed by atoms with Crippen LogP contribution in [0.4, 0.5) is 0 Å². The lowest BCUT2D eigenvalue weighted by Gasteiger charge is -2.08. The maximum Gasteiger partial charge on any atom is 0.267 e. The molecule has 118 valence electrons. The largest absolute Gasteiger partial charge is 0.309 e. The van der Waals surface area contributed by atoms with Gasteiger partial charge in [-0.25, -0.2) is 12.4 Å². The minimum absolute atomic E-state index is 0.292. The topological polar surface area (TPSA) is 51.1 Å². The van der Waals surface area contributed by atoms with E-state index in [2.05, 4.69) is 17.4 Å². The second-order valence-electron chi connectivity index (χ2n) is 5.25. The Kier molecular flexibility index (Phi) is 4.60. The van der Waals surface area contributed by atoms with Crippen LogP contribution in [-0.2, 0) is 23.1 Å².